The molecule has 0 spiro atoms. The SMILES string of the molecule is CC1(C(=O)Oc2cc(OC(=O)C3(C)CO3)cc(OC(=O)C3(C)CO3)c2)CO1. The van der Waals surface area contributed by atoms with Crippen molar-refractivity contribution in [2.45, 2.75) is 37.6 Å². The highest BCUT2D eigenvalue weighted by molar-refractivity contribution is 5.86. The van der Waals surface area contributed by atoms with E-state index in [0.29, 0.717) is 0 Å². The van der Waals surface area contributed by atoms with Crippen LogP contribution in [0.2, 0.25) is 0 Å². The number of hydrogen-bond acceptors (Lipinski definition) is 9. The van der Waals surface area contributed by atoms with E-state index in [2.05, 4.69) is 0 Å². The molecule has 0 aromatic heterocycles. The Labute approximate surface area is 154 Å². The zero-order chi connectivity index (χ0) is 19.4. The quantitative estimate of drug-likeness (QED) is 0.402. The van der Waals surface area contributed by atoms with Gasteiger partial charge in [0.1, 0.15) is 17.2 Å². The molecule has 3 aliphatic rings. The fourth-order valence-corrected chi connectivity index (χ4v) is 2.05. The lowest BCUT2D eigenvalue weighted by atomic mass is 10.2. The molecule has 3 atom stereocenters. The number of carbonyl (C=O) groups is 3. The molecule has 144 valence electrons. The van der Waals surface area contributed by atoms with Gasteiger partial charge in [0.05, 0.1) is 19.8 Å². The smallest absolute Gasteiger partial charge is 0.345 e. The summed E-state index contributed by atoms with van der Waals surface area (Å²) in [6.45, 7) is 5.55. The number of esters is 3. The largest absolute Gasteiger partial charge is 0.424 e. The molecule has 3 unspecified atom stereocenters. The van der Waals surface area contributed by atoms with Crippen molar-refractivity contribution in [3.05, 3.63) is 18.2 Å². The van der Waals surface area contributed by atoms with E-state index in [0.717, 1.165) is 0 Å². The van der Waals surface area contributed by atoms with Crippen molar-refractivity contribution < 1.29 is 42.8 Å². The van der Waals surface area contributed by atoms with Crippen molar-refractivity contribution in [2.24, 2.45) is 0 Å². The van der Waals surface area contributed by atoms with Gasteiger partial charge in [0, 0.05) is 18.2 Å². The van der Waals surface area contributed by atoms with E-state index in [9.17, 15) is 14.4 Å². The van der Waals surface area contributed by atoms with Crippen LogP contribution in [0.25, 0.3) is 0 Å². The summed E-state index contributed by atoms with van der Waals surface area (Å²) < 4.78 is 31.0. The summed E-state index contributed by atoms with van der Waals surface area (Å²) in [4.78, 5) is 36.3. The van der Waals surface area contributed by atoms with Crippen molar-refractivity contribution >= 4 is 17.9 Å². The third-order valence-electron chi connectivity index (χ3n) is 4.51. The van der Waals surface area contributed by atoms with Gasteiger partial charge in [0.15, 0.2) is 16.8 Å². The first-order valence-electron chi connectivity index (χ1n) is 8.36. The summed E-state index contributed by atoms with van der Waals surface area (Å²) in [5.41, 5.74) is -2.98. The first-order chi connectivity index (χ1) is 12.6. The number of benzene rings is 1. The van der Waals surface area contributed by atoms with Crippen molar-refractivity contribution in [3.63, 3.8) is 0 Å². The Balaban J connectivity index is 1.55. The van der Waals surface area contributed by atoms with Gasteiger partial charge >= 0.3 is 17.9 Å². The van der Waals surface area contributed by atoms with Gasteiger partial charge in [-0.2, -0.15) is 0 Å². The molecule has 3 aliphatic heterocycles. The molecular formula is C18H18O9. The van der Waals surface area contributed by atoms with Crippen LogP contribution in [0.15, 0.2) is 18.2 Å². The molecule has 1 aromatic rings. The normalized spacial score (nSPS) is 33.0. The average Bonchev–Trinajstić information content (AvgIpc) is 3.48. The Hall–Kier alpha value is -2.49. The fourth-order valence-electron chi connectivity index (χ4n) is 2.05. The van der Waals surface area contributed by atoms with E-state index >= 15 is 0 Å². The van der Waals surface area contributed by atoms with E-state index in [-0.39, 0.29) is 37.1 Å². The second kappa shape index (κ2) is 5.75. The van der Waals surface area contributed by atoms with E-state index in [4.69, 9.17) is 28.4 Å². The van der Waals surface area contributed by atoms with Crippen LogP contribution in [-0.4, -0.2) is 54.5 Å². The van der Waals surface area contributed by atoms with E-state index in [1.807, 2.05) is 0 Å². The Morgan fingerprint density at radius 1 is 0.667 bits per heavy atom. The highest BCUT2D eigenvalue weighted by Gasteiger charge is 2.51. The summed E-state index contributed by atoms with van der Waals surface area (Å²) in [6.07, 6.45) is 0. The van der Waals surface area contributed by atoms with Gasteiger partial charge < -0.3 is 28.4 Å². The Morgan fingerprint density at radius 3 is 1.07 bits per heavy atom. The number of carbonyl (C=O) groups excluding carboxylic acids is 3. The molecule has 3 fully saturated rings. The molecule has 3 heterocycles. The molecule has 4 rings (SSSR count). The maximum Gasteiger partial charge on any atom is 0.345 e. The molecule has 0 aliphatic carbocycles. The van der Waals surface area contributed by atoms with E-state index < -0.39 is 34.7 Å². The second-order valence-electron chi connectivity index (χ2n) is 7.37. The maximum atomic E-state index is 12.1. The molecule has 27 heavy (non-hydrogen) atoms. The van der Waals surface area contributed by atoms with Crippen LogP contribution in [0.5, 0.6) is 17.2 Å². The predicted molar refractivity (Wildman–Crippen MR) is 86.4 cm³/mol. The molecular weight excluding hydrogens is 360 g/mol. The molecule has 0 bridgehead atoms. The zero-order valence-electron chi connectivity index (χ0n) is 15.0. The summed E-state index contributed by atoms with van der Waals surface area (Å²) in [5.74, 6) is -1.65. The summed E-state index contributed by atoms with van der Waals surface area (Å²) in [5, 5.41) is 0. The third-order valence-corrected chi connectivity index (χ3v) is 4.51. The monoisotopic (exact) mass is 378 g/mol. The number of rotatable bonds is 6. The lowest BCUT2D eigenvalue weighted by Crippen LogP contribution is -2.28. The van der Waals surface area contributed by atoms with Gasteiger partial charge in [0.2, 0.25) is 0 Å². The van der Waals surface area contributed by atoms with Crippen molar-refractivity contribution in [3.8, 4) is 17.2 Å². The van der Waals surface area contributed by atoms with E-state index in [1.54, 1.807) is 20.8 Å². The van der Waals surface area contributed by atoms with Crippen molar-refractivity contribution in [2.75, 3.05) is 19.8 Å². The summed E-state index contributed by atoms with van der Waals surface area (Å²) >= 11 is 0. The van der Waals surface area contributed by atoms with Gasteiger partial charge in [-0.05, 0) is 20.8 Å². The van der Waals surface area contributed by atoms with Gasteiger partial charge in [-0.3, -0.25) is 0 Å². The van der Waals surface area contributed by atoms with Crippen LogP contribution in [0.4, 0.5) is 0 Å². The van der Waals surface area contributed by atoms with Crippen molar-refractivity contribution in [1.82, 2.24) is 0 Å². The number of ether oxygens (including phenoxy) is 6. The standard InChI is InChI=1S/C18H18O9/c1-16(7-22-16)13(19)25-10-4-11(26-14(20)17(2)8-23-17)6-12(5-10)27-15(21)18(3)9-24-18/h4-6H,7-9H2,1-3H3. The summed E-state index contributed by atoms with van der Waals surface area (Å²) in [6, 6.07) is 4.04. The van der Waals surface area contributed by atoms with Gasteiger partial charge in [-0.15, -0.1) is 0 Å². The first-order valence-corrected chi connectivity index (χ1v) is 8.36. The third kappa shape index (κ3) is 3.66. The Morgan fingerprint density at radius 2 is 0.889 bits per heavy atom. The molecule has 0 saturated carbocycles. The highest BCUT2D eigenvalue weighted by atomic mass is 16.7. The molecule has 0 N–H and O–H groups in total. The molecule has 3 saturated heterocycles. The van der Waals surface area contributed by atoms with Crippen LogP contribution in [-0.2, 0) is 28.6 Å². The first kappa shape index (κ1) is 17.9. The maximum absolute atomic E-state index is 12.1. The molecule has 1 aromatic carbocycles. The van der Waals surface area contributed by atoms with Crippen LogP contribution in [0.3, 0.4) is 0 Å². The van der Waals surface area contributed by atoms with Crippen LogP contribution in [0.1, 0.15) is 20.8 Å². The highest BCUT2D eigenvalue weighted by Crippen LogP contribution is 2.35. The zero-order valence-corrected chi connectivity index (χ0v) is 15.0. The summed E-state index contributed by atoms with van der Waals surface area (Å²) in [7, 11) is 0. The number of epoxide rings is 3. The molecule has 0 amide bonds. The molecule has 9 heteroatoms. The average molecular weight is 378 g/mol. The molecule has 9 nitrogen and oxygen atoms in total. The van der Waals surface area contributed by atoms with Gasteiger partial charge in [-0.1, -0.05) is 0 Å². The van der Waals surface area contributed by atoms with Crippen LogP contribution < -0.4 is 14.2 Å². The Kier molecular flexibility index (Phi) is 3.81. The van der Waals surface area contributed by atoms with Gasteiger partial charge in [0.25, 0.3) is 0 Å². The second-order valence-corrected chi connectivity index (χ2v) is 7.37. The number of hydrogen-bond donors (Lipinski definition) is 0. The minimum absolute atomic E-state index is 0.0496. The fraction of sp³-hybridized carbons (Fsp3) is 0.500. The lowest BCUT2D eigenvalue weighted by Gasteiger charge is -2.13. The molecule has 0 radical (unpaired) electrons. The van der Waals surface area contributed by atoms with Gasteiger partial charge in [-0.25, -0.2) is 14.4 Å². The van der Waals surface area contributed by atoms with Crippen LogP contribution in [0, 0.1) is 0 Å². The lowest BCUT2D eigenvalue weighted by molar-refractivity contribution is -0.139. The Bertz CT molecular complexity index is 709. The topological polar surface area (TPSA) is 116 Å². The predicted octanol–water partition coefficient (Wildman–Crippen LogP) is 0.769. The minimum Gasteiger partial charge on any atom is -0.424 e. The van der Waals surface area contributed by atoms with E-state index in [1.165, 1.54) is 18.2 Å². The minimum atomic E-state index is -0.992. The van der Waals surface area contributed by atoms with Crippen molar-refractivity contribution in [1.29, 1.82) is 0 Å². The van der Waals surface area contributed by atoms with Crippen LogP contribution >= 0.6 is 0 Å².